The average Bonchev–Trinajstić information content (AvgIpc) is 1.96. The predicted molar refractivity (Wildman–Crippen MR) is 29.9 cm³/mol. The minimum atomic E-state index is -5.21. The van der Waals surface area contributed by atoms with Crippen LogP contribution in [-0.2, 0) is 19.2 Å². The summed E-state index contributed by atoms with van der Waals surface area (Å²) in [4.78, 5) is 33.4. The lowest BCUT2D eigenvalue weighted by Gasteiger charge is -2.07. The molecule has 0 aliphatic rings. The Kier molecular flexibility index (Phi) is 3.87. The van der Waals surface area contributed by atoms with E-state index in [1.165, 1.54) is 0 Å². The Balaban J connectivity index is 3.90. The van der Waals surface area contributed by atoms with Gasteiger partial charge in [-0.05, 0) is 0 Å². The van der Waals surface area contributed by atoms with Crippen molar-refractivity contribution in [1.29, 1.82) is 0 Å². The number of carbonyl (C=O) groups excluding carboxylic acids is 3. The third kappa shape index (κ3) is 4.95. The molecule has 0 atom stereocenters. The third-order valence-corrected chi connectivity index (χ3v) is 0.804. The molecule has 1 amide bonds. The largest absolute Gasteiger partial charge is 0.550 e. The number of carbonyl (C=O) groups is 3. The monoisotopic (exact) mass is 214 g/mol. The summed E-state index contributed by atoms with van der Waals surface area (Å²) in [5.74, 6) is -5.91. The Hall–Kier alpha value is -1.80. The molecule has 0 spiro atoms. The summed E-state index contributed by atoms with van der Waals surface area (Å²) in [6.07, 6.45) is -6.46. The van der Waals surface area contributed by atoms with E-state index in [4.69, 9.17) is 0 Å². The van der Waals surface area contributed by atoms with Crippen molar-refractivity contribution in [2.24, 2.45) is 0 Å². The summed E-state index contributed by atoms with van der Waals surface area (Å²) in [5.41, 5.74) is 0.723. The fourth-order valence-corrected chi connectivity index (χ4v) is 0.315. The summed E-state index contributed by atoms with van der Waals surface area (Å²) in [7, 11) is 0. The number of hydrogen-bond acceptors (Lipinski definition) is 5. The first-order valence-corrected chi connectivity index (χ1v) is 3.00. The van der Waals surface area contributed by atoms with Crippen LogP contribution in [0.4, 0.5) is 13.2 Å². The molecule has 0 saturated carbocycles. The number of aliphatic carboxylic acids is 1. The van der Waals surface area contributed by atoms with E-state index in [1.54, 1.807) is 0 Å². The summed E-state index contributed by atoms with van der Waals surface area (Å²) in [6.45, 7) is 0. The summed E-state index contributed by atoms with van der Waals surface area (Å²) in [5, 5.41) is 9.70. The molecule has 80 valence electrons. The van der Waals surface area contributed by atoms with E-state index >= 15 is 0 Å². The van der Waals surface area contributed by atoms with Gasteiger partial charge in [0.15, 0.2) is 0 Å². The zero-order valence-electron chi connectivity index (χ0n) is 6.38. The van der Waals surface area contributed by atoms with Gasteiger partial charge in [-0.1, -0.05) is 0 Å². The van der Waals surface area contributed by atoms with Gasteiger partial charge in [-0.2, -0.15) is 18.7 Å². The van der Waals surface area contributed by atoms with Crippen LogP contribution in [0.3, 0.4) is 0 Å². The van der Waals surface area contributed by atoms with E-state index < -0.39 is 30.4 Å². The number of alkyl halides is 3. The Labute approximate surface area is 74.6 Å². The van der Waals surface area contributed by atoms with Crippen LogP contribution < -0.4 is 10.6 Å². The number of hydrogen-bond donors (Lipinski definition) is 1. The number of carboxylic acids is 1. The lowest BCUT2D eigenvalue weighted by Crippen LogP contribution is -2.39. The molecule has 0 unspecified atom stereocenters. The minimum Gasteiger partial charge on any atom is -0.550 e. The maximum Gasteiger partial charge on any atom is 0.474 e. The molecule has 9 heteroatoms. The van der Waals surface area contributed by atoms with Gasteiger partial charge in [0.1, 0.15) is 0 Å². The molecule has 0 aromatic carbocycles. The first-order chi connectivity index (χ1) is 6.23. The van der Waals surface area contributed by atoms with E-state index in [9.17, 15) is 32.7 Å². The van der Waals surface area contributed by atoms with Gasteiger partial charge in [-0.15, -0.1) is 0 Å². The number of amides is 1. The normalized spacial score (nSPS) is 10.5. The van der Waals surface area contributed by atoms with Crippen molar-refractivity contribution in [2.45, 2.75) is 12.6 Å². The molecule has 0 fully saturated rings. The van der Waals surface area contributed by atoms with E-state index in [0.717, 1.165) is 5.48 Å². The SMILES string of the molecule is O=C([O-])CC(=O)ONC(=O)C(F)(F)F. The Morgan fingerprint density at radius 1 is 1.29 bits per heavy atom. The van der Waals surface area contributed by atoms with E-state index in [-0.39, 0.29) is 0 Å². The molecule has 0 radical (unpaired) electrons. The second kappa shape index (κ2) is 4.44. The molecule has 0 aliphatic heterocycles. The lowest BCUT2D eigenvalue weighted by atomic mass is 10.5. The molecule has 0 heterocycles. The molecule has 1 N–H and O–H groups in total. The van der Waals surface area contributed by atoms with Crippen LogP contribution in [0.1, 0.15) is 6.42 Å². The predicted octanol–water partition coefficient (Wildman–Crippen LogP) is -1.74. The Morgan fingerprint density at radius 2 is 1.79 bits per heavy atom. The molecule has 0 aromatic rings. The van der Waals surface area contributed by atoms with Gasteiger partial charge in [0.05, 0.1) is 12.4 Å². The van der Waals surface area contributed by atoms with E-state index in [2.05, 4.69) is 4.84 Å². The van der Waals surface area contributed by atoms with Gasteiger partial charge in [0.25, 0.3) is 0 Å². The highest BCUT2D eigenvalue weighted by Gasteiger charge is 2.39. The third-order valence-electron chi connectivity index (χ3n) is 0.804. The summed E-state index contributed by atoms with van der Waals surface area (Å²) in [6, 6.07) is 0. The van der Waals surface area contributed by atoms with Gasteiger partial charge >= 0.3 is 18.1 Å². The smallest absolute Gasteiger partial charge is 0.474 e. The topological polar surface area (TPSA) is 95.5 Å². The minimum absolute atomic E-state index is 0.723. The summed E-state index contributed by atoms with van der Waals surface area (Å²) >= 11 is 0. The van der Waals surface area contributed by atoms with Crippen LogP contribution in [-0.4, -0.2) is 24.0 Å². The second-order valence-corrected chi connectivity index (χ2v) is 1.95. The fraction of sp³-hybridized carbons (Fsp3) is 0.400. The zero-order valence-corrected chi connectivity index (χ0v) is 6.38. The maximum atomic E-state index is 11.4. The van der Waals surface area contributed by atoms with Crippen LogP contribution in [0.15, 0.2) is 0 Å². The first kappa shape index (κ1) is 12.2. The lowest BCUT2D eigenvalue weighted by molar-refractivity contribution is -0.305. The molecule has 0 aliphatic carbocycles. The summed E-state index contributed by atoms with van der Waals surface area (Å²) < 4.78 is 34.3. The van der Waals surface area contributed by atoms with Crippen molar-refractivity contribution in [3.8, 4) is 0 Å². The first-order valence-electron chi connectivity index (χ1n) is 3.00. The standard InChI is InChI=1S/C5H4F3NO5/c6-5(7,8)4(13)9-14-3(12)1-2(10)11/h1H2,(H,9,13)(H,10,11)/p-1. The van der Waals surface area contributed by atoms with Crippen molar-refractivity contribution in [3.63, 3.8) is 0 Å². The molecule has 14 heavy (non-hydrogen) atoms. The number of hydroxylamine groups is 1. The molecular weight excluding hydrogens is 211 g/mol. The number of carboxylic acid groups (broad SMARTS) is 1. The van der Waals surface area contributed by atoms with Crippen LogP contribution >= 0.6 is 0 Å². The molecule has 0 bridgehead atoms. The average molecular weight is 214 g/mol. The Morgan fingerprint density at radius 3 is 2.14 bits per heavy atom. The van der Waals surface area contributed by atoms with Crippen LogP contribution in [0, 0.1) is 0 Å². The number of nitrogens with one attached hydrogen (secondary N) is 1. The van der Waals surface area contributed by atoms with Gasteiger partial charge in [0.2, 0.25) is 0 Å². The highest BCUT2D eigenvalue weighted by molar-refractivity contribution is 5.90. The van der Waals surface area contributed by atoms with Gasteiger partial charge in [0, 0.05) is 0 Å². The van der Waals surface area contributed by atoms with E-state index in [1.807, 2.05) is 0 Å². The van der Waals surface area contributed by atoms with Crippen molar-refractivity contribution >= 4 is 17.8 Å². The molecular formula is C5H3F3NO5-. The number of rotatable bonds is 2. The number of halogens is 3. The molecule has 0 aromatic heterocycles. The van der Waals surface area contributed by atoms with Gasteiger partial charge in [-0.25, -0.2) is 4.79 Å². The molecule has 0 rings (SSSR count). The van der Waals surface area contributed by atoms with Crippen molar-refractivity contribution in [1.82, 2.24) is 5.48 Å². The van der Waals surface area contributed by atoms with Gasteiger partial charge < -0.3 is 14.7 Å². The van der Waals surface area contributed by atoms with Crippen LogP contribution in [0.25, 0.3) is 0 Å². The second-order valence-electron chi connectivity index (χ2n) is 1.95. The molecule has 6 nitrogen and oxygen atoms in total. The highest BCUT2D eigenvalue weighted by atomic mass is 19.4. The van der Waals surface area contributed by atoms with Crippen molar-refractivity contribution < 1.29 is 37.5 Å². The fourth-order valence-electron chi connectivity index (χ4n) is 0.315. The van der Waals surface area contributed by atoms with E-state index in [0.29, 0.717) is 0 Å². The van der Waals surface area contributed by atoms with Crippen molar-refractivity contribution in [3.05, 3.63) is 0 Å². The van der Waals surface area contributed by atoms with Gasteiger partial charge in [-0.3, -0.25) is 4.79 Å². The zero-order chi connectivity index (χ0) is 11.4. The maximum absolute atomic E-state index is 11.4. The Bertz CT molecular complexity index is 261. The van der Waals surface area contributed by atoms with Crippen molar-refractivity contribution in [2.75, 3.05) is 0 Å². The quantitative estimate of drug-likeness (QED) is 0.435. The molecule has 0 saturated heterocycles. The highest BCUT2D eigenvalue weighted by Crippen LogP contribution is 2.13. The van der Waals surface area contributed by atoms with Crippen LogP contribution in [0.5, 0.6) is 0 Å². The van der Waals surface area contributed by atoms with Crippen LogP contribution in [0.2, 0.25) is 0 Å².